The Morgan fingerprint density at radius 1 is 1.45 bits per heavy atom. The molecule has 0 aliphatic carbocycles. The van der Waals surface area contributed by atoms with Crippen LogP contribution < -0.4 is 0 Å². The summed E-state index contributed by atoms with van der Waals surface area (Å²) < 4.78 is 29.4. The van der Waals surface area contributed by atoms with Crippen LogP contribution in [-0.2, 0) is 27.5 Å². The minimum absolute atomic E-state index is 0.112. The van der Waals surface area contributed by atoms with Crippen molar-refractivity contribution in [2.24, 2.45) is 0 Å². The van der Waals surface area contributed by atoms with Gasteiger partial charge in [-0.25, -0.2) is 13.4 Å². The van der Waals surface area contributed by atoms with Crippen molar-refractivity contribution in [1.29, 1.82) is 0 Å². The molecule has 0 saturated carbocycles. The SMILES string of the molecule is CCc1nc(CN(CC2CCCO2)C2CCS(=O)(=O)C2)cs1. The second kappa shape index (κ2) is 6.95. The van der Waals surface area contributed by atoms with Crippen LogP contribution in [0.1, 0.15) is 36.9 Å². The minimum atomic E-state index is -2.87. The van der Waals surface area contributed by atoms with E-state index in [2.05, 4.69) is 22.2 Å². The average molecular weight is 345 g/mol. The number of aromatic nitrogens is 1. The standard InChI is InChI=1S/C15H24N2O3S2/c1-2-15-16-12(10-21-15)8-17(9-14-4-3-6-20-14)13-5-7-22(18,19)11-13/h10,13-14H,2-9,11H2,1H3. The predicted molar refractivity (Wildman–Crippen MR) is 87.9 cm³/mol. The van der Waals surface area contributed by atoms with Crippen LogP contribution in [0.5, 0.6) is 0 Å². The summed E-state index contributed by atoms with van der Waals surface area (Å²) in [6.07, 6.45) is 4.12. The Balaban J connectivity index is 1.70. The Hall–Kier alpha value is -0.500. The van der Waals surface area contributed by atoms with Crippen molar-refractivity contribution in [3.05, 3.63) is 16.1 Å². The van der Waals surface area contributed by atoms with Crippen molar-refractivity contribution in [2.75, 3.05) is 24.7 Å². The molecule has 2 fully saturated rings. The van der Waals surface area contributed by atoms with Crippen LogP contribution in [0.25, 0.3) is 0 Å². The second-order valence-electron chi connectivity index (χ2n) is 6.21. The first-order valence-corrected chi connectivity index (χ1v) is 10.7. The van der Waals surface area contributed by atoms with Gasteiger partial charge < -0.3 is 4.74 Å². The number of sulfone groups is 1. The highest BCUT2D eigenvalue weighted by Crippen LogP contribution is 2.23. The molecule has 2 atom stereocenters. The van der Waals surface area contributed by atoms with Crippen molar-refractivity contribution in [2.45, 2.75) is 51.3 Å². The fourth-order valence-corrected chi connectivity index (χ4v) is 5.75. The molecule has 2 aliphatic heterocycles. The van der Waals surface area contributed by atoms with Gasteiger partial charge in [-0.3, -0.25) is 4.90 Å². The highest BCUT2D eigenvalue weighted by Gasteiger charge is 2.34. The van der Waals surface area contributed by atoms with E-state index in [9.17, 15) is 8.42 Å². The van der Waals surface area contributed by atoms with Crippen LogP contribution in [0, 0.1) is 0 Å². The summed E-state index contributed by atoms with van der Waals surface area (Å²) in [7, 11) is -2.87. The third-order valence-electron chi connectivity index (χ3n) is 4.45. The molecule has 0 radical (unpaired) electrons. The molecule has 22 heavy (non-hydrogen) atoms. The number of aryl methyl sites for hydroxylation is 1. The van der Waals surface area contributed by atoms with Crippen molar-refractivity contribution in [1.82, 2.24) is 9.88 Å². The summed E-state index contributed by atoms with van der Waals surface area (Å²) >= 11 is 1.69. The largest absolute Gasteiger partial charge is 0.377 e. The minimum Gasteiger partial charge on any atom is -0.377 e. The van der Waals surface area contributed by atoms with Gasteiger partial charge in [0.1, 0.15) is 0 Å². The Kier molecular flexibility index (Phi) is 5.17. The fourth-order valence-electron chi connectivity index (χ4n) is 3.25. The lowest BCUT2D eigenvalue weighted by molar-refractivity contribution is 0.0570. The molecule has 0 bridgehead atoms. The summed E-state index contributed by atoms with van der Waals surface area (Å²) in [5.74, 6) is 0.599. The molecule has 124 valence electrons. The molecular weight excluding hydrogens is 320 g/mol. The number of thiazole rings is 1. The first-order chi connectivity index (χ1) is 10.6. The van der Waals surface area contributed by atoms with Gasteiger partial charge in [0.15, 0.2) is 9.84 Å². The van der Waals surface area contributed by atoms with Gasteiger partial charge in [-0.1, -0.05) is 6.92 Å². The van der Waals surface area contributed by atoms with E-state index in [-0.39, 0.29) is 17.9 Å². The molecule has 0 amide bonds. The molecule has 0 aromatic carbocycles. The quantitative estimate of drug-likeness (QED) is 0.788. The van der Waals surface area contributed by atoms with E-state index in [1.54, 1.807) is 11.3 Å². The van der Waals surface area contributed by atoms with Crippen LogP contribution in [-0.4, -0.2) is 55.1 Å². The molecule has 7 heteroatoms. The molecule has 0 spiro atoms. The van der Waals surface area contributed by atoms with Gasteiger partial charge in [0.05, 0.1) is 28.3 Å². The first-order valence-electron chi connectivity index (χ1n) is 8.05. The molecule has 1 aromatic rings. The molecule has 2 saturated heterocycles. The van der Waals surface area contributed by atoms with Crippen LogP contribution in [0.2, 0.25) is 0 Å². The van der Waals surface area contributed by atoms with E-state index in [4.69, 9.17) is 4.74 Å². The van der Waals surface area contributed by atoms with Crippen LogP contribution in [0.4, 0.5) is 0 Å². The zero-order valence-corrected chi connectivity index (χ0v) is 14.7. The van der Waals surface area contributed by atoms with Gasteiger partial charge in [-0.15, -0.1) is 11.3 Å². The molecule has 0 N–H and O–H groups in total. The maximum absolute atomic E-state index is 11.8. The van der Waals surface area contributed by atoms with Gasteiger partial charge in [-0.05, 0) is 25.7 Å². The van der Waals surface area contributed by atoms with Crippen LogP contribution in [0.15, 0.2) is 5.38 Å². The van der Waals surface area contributed by atoms with Gasteiger partial charge in [0, 0.05) is 31.1 Å². The molecule has 3 heterocycles. The highest BCUT2D eigenvalue weighted by molar-refractivity contribution is 7.91. The fraction of sp³-hybridized carbons (Fsp3) is 0.800. The van der Waals surface area contributed by atoms with Gasteiger partial charge >= 0.3 is 0 Å². The van der Waals surface area contributed by atoms with Gasteiger partial charge in [0.2, 0.25) is 0 Å². The lowest BCUT2D eigenvalue weighted by atomic mass is 10.1. The number of nitrogens with zero attached hydrogens (tertiary/aromatic N) is 2. The first kappa shape index (κ1) is 16.4. The molecule has 2 unspecified atom stereocenters. The smallest absolute Gasteiger partial charge is 0.151 e. The predicted octanol–water partition coefficient (Wildman–Crippen LogP) is 1.87. The zero-order valence-electron chi connectivity index (χ0n) is 13.0. The topological polar surface area (TPSA) is 59.5 Å². The van der Waals surface area contributed by atoms with E-state index >= 15 is 0 Å². The summed E-state index contributed by atoms with van der Waals surface area (Å²) in [4.78, 5) is 6.92. The van der Waals surface area contributed by atoms with Gasteiger partial charge in [0.25, 0.3) is 0 Å². The number of rotatable bonds is 6. The van der Waals surface area contributed by atoms with Crippen molar-refractivity contribution >= 4 is 21.2 Å². The third kappa shape index (κ3) is 4.07. The summed E-state index contributed by atoms with van der Waals surface area (Å²) in [6.45, 7) is 4.49. The Morgan fingerprint density at radius 2 is 2.32 bits per heavy atom. The average Bonchev–Trinajstić information content (AvgIpc) is 3.19. The Morgan fingerprint density at radius 3 is 2.91 bits per heavy atom. The maximum atomic E-state index is 11.8. The monoisotopic (exact) mass is 344 g/mol. The van der Waals surface area contributed by atoms with Crippen molar-refractivity contribution in [3.63, 3.8) is 0 Å². The highest BCUT2D eigenvalue weighted by atomic mass is 32.2. The summed E-state index contributed by atoms with van der Waals surface area (Å²) in [5, 5.41) is 3.25. The van der Waals surface area contributed by atoms with E-state index in [1.165, 1.54) is 0 Å². The Labute approximate surface area is 136 Å². The maximum Gasteiger partial charge on any atom is 0.151 e. The molecule has 3 rings (SSSR count). The number of ether oxygens (including phenoxy) is 1. The molecule has 5 nitrogen and oxygen atoms in total. The van der Waals surface area contributed by atoms with Crippen molar-refractivity contribution < 1.29 is 13.2 Å². The number of hydrogen-bond donors (Lipinski definition) is 0. The van der Waals surface area contributed by atoms with Crippen molar-refractivity contribution in [3.8, 4) is 0 Å². The molecular formula is C15H24N2O3S2. The Bertz CT molecular complexity index is 594. The second-order valence-corrected chi connectivity index (χ2v) is 9.38. The third-order valence-corrected chi connectivity index (χ3v) is 7.25. The van der Waals surface area contributed by atoms with E-state index in [1.807, 2.05) is 0 Å². The van der Waals surface area contributed by atoms with E-state index < -0.39 is 9.84 Å². The van der Waals surface area contributed by atoms with Crippen LogP contribution in [0.3, 0.4) is 0 Å². The van der Waals surface area contributed by atoms with Crippen LogP contribution >= 0.6 is 11.3 Å². The molecule has 1 aromatic heterocycles. The normalized spacial score (nSPS) is 27.7. The lowest BCUT2D eigenvalue weighted by Gasteiger charge is -2.29. The lowest BCUT2D eigenvalue weighted by Crippen LogP contribution is -2.40. The molecule has 2 aliphatic rings. The van der Waals surface area contributed by atoms with E-state index in [0.717, 1.165) is 56.1 Å². The summed E-state index contributed by atoms with van der Waals surface area (Å²) in [6, 6.07) is 0.112. The van der Waals surface area contributed by atoms with Gasteiger partial charge in [-0.2, -0.15) is 0 Å². The summed E-state index contributed by atoms with van der Waals surface area (Å²) in [5.41, 5.74) is 1.06. The number of hydrogen-bond acceptors (Lipinski definition) is 6. The zero-order chi connectivity index (χ0) is 15.6. The van der Waals surface area contributed by atoms with E-state index in [0.29, 0.717) is 5.75 Å².